The maximum absolute atomic E-state index is 10.8. The first kappa shape index (κ1) is 15.3. The lowest BCUT2D eigenvalue weighted by Gasteiger charge is -2.18. The molecule has 0 amide bonds. The van der Waals surface area contributed by atoms with Gasteiger partial charge < -0.3 is 15.2 Å². The van der Waals surface area contributed by atoms with Crippen molar-refractivity contribution in [3.63, 3.8) is 0 Å². The smallest absolute Gasteiger partial charge is 0.304 e. The normalized spacial score (nSPS) is 15.5. The van der Waals surface area contributed by atoms with Crippen molar-refractivity contribution in [1.82, 2.24) is 0 Å². The Kier molecular flexibility index (Phi) is 6.54. The molecule has 0 radical (unpaired) electrons. The fraction of sp³-hybridized carbons (Fsp3) is 0.889. The second-order valence-corrected chi connectivity index (χ2v) is 5.88. The van der Waals surface area contributed by atoms with Crippen LogP contribution in [-0.4, -0.2) is 38.9 Å². The van der Waals surface area contributed by atoms with Gasteiger partial charge in [-0.15, -0.1) is 0 Å². The molecular formula is C9H19NO5S. The van der Waals surface area contributed by atoms with Crippen molar-refractivity contribution < 1.29 is 22.7 Å². The van der Waals surface area contributed by atoms with E-state index in [1.54, 1.807) is 6.92 Å². The Labute approximate surface area is 96.0 Å². The average molecular weight is 253 g/mol. The molecule has 0 aliphatic rings. The van der Waals surface area contributed by atoms with Gasteiger partial charge in [-0.2, -0.15) is 0 Å². The summed E-state index contributed by atoms with van der Waals surface area (Å²) in [7, 11) is -2.96. The highest BCUT2D eigenvalue weighted by Crippen LogP contribution is 2.03. The molecule has 0 fully saturated rings. The van der Waals surface area contributed by atoms with E-state index in [4.69, 9.17) is 15.2 Å². The van der Waals surface area contributed by atoms with Crippen molar-refractivity contribution in [3.05, 3.63) is 0 Å². The van der Waals surface area contributed by atoms with Gasteiger partial charge in [-0.25, -0.2) is 8.42 Å². The molecule has 0 bridgehead atoms. The summed E-state index contributed by atoms with van der Waals surface area (Å²) in [6.07, 6.45) is 0.647. The zero-order valence-electron chi connectivity index (χ0n) is 9.80. The molecule has 0 aliphatic carbocycles. The zero-order valence-corrected chi connectivity index (χ0v) is 10.6. The summed E-state index contributed by atoms with van der Waals surface area (Å²) in [6.45, 7) is 2.83. The number of carbonyl (C=O) groups is 1. The third-order valence-corrected chi connectivity index (χ3v) is 2.73. The number of rotatable bonds is 7. The van der Waals surface area contributed by atoms with Gasteiger partial charge in [-0.1, -0.05) is 0 Å². The first-order valence-electron chi connectivity index (χ1n) is 4.96. The number of carbonyl (C=O) groups excluding carboxylic acids is 1. The van der Waals surface area contributed by atoms with Crippen LogP contribution in [-0.2, 0) is 24.1 Å². The molecule has 6 nitrogen and oxygen atoms in total. The van der Waals surface area contributed by atoms with Gasteiger partial charge in [0.15, 0.2) is 0 Å². The summed E-state index contributed by atoms with van der Waals surface area (Å²) in [5.41, 5.74) is 5.57. The Morgan fingerprint density at radius 2 is 2.00 bits per heavy atom. The minimum Gasteiger partial charge on any atom is -0.436 e. The molecule has 0 saturated carbocycles. The van der Waals surface area contributed by atoms with Crippen LogP contribution in [0, 0.1) is 0 Å². The predicted molar refractivity (Wildman–Crippen MR) is 59.2 cm³/mol. The minimum absolute atomic E-state index is 0.0754. The van der Waals surface area contributed by atoms with Gasteiger partial charge >= 0.3 is 5.97 Å². The largest absolute Gasteiger partial charge is 0.436 e. The second-order valence-electron chi connectivity index (χ2n) is 3.62. The maximum atomic E-state index is 10.8. The first-order valence-corrected chi connectivity index (χ1v) is 7.03. The number of nitrogens with two attached hydrogens (primary N) is 1. The van der Waals surface area contributed by atoms with Crippen LogP contribution >= 0.6 is 0 Å². The van der Waals surface area contributed by atoms with Gasteiger partial charge in [0, 0.05) is 13.2 Å². The third kappa shape index (κ3) is 9.88. The zero-order chi connectivity index (χ0) is 12.8. The molecule has 0 aliphatic heterocycles. The van der Waals surface area contributed by atoms with Crippen molar-refractivity contribution in [3.8, 4) is 0 Å². The van der Waals surface area contributed by atoms with Gasteiger partial charge in [-0.3, -0.25) is 4.79 Å². The molecule has 0 aromatic carbocycles. The third-order valence-electron chi connectivity index (χ3n) is 1.70. The molecule has 2 atom stereocenters. The highest BCUT2D eigenvalue weighted by Gasteiger charge is 2.12. The van der Waals surface area contributed by atoms with E-state index in [1.807, 2.05) is 0 Å². The minimum atomic E-state index is -2.96. The Hall–Kier alpha value is -0.660. The molecule has 0 heterocycles. The Morgan fingerprint density at radius 1 is 1.44 bits per heavy atom. The Morgan fingerprint density at radius 3 is 2.44 bits per heavy atom. The van der Waals surface area contributed by atoms with Crippen LogP contribution < -0.4 is 5.73 Å². The molecule has 0 aromatic rings. The molecule has 0 spiro atoms. The lowest BCUT2D eigenvalue weighted by molar-refractivity contribution is -0.182. The molecule has 0 saturated heterocycles. The van der Waals surface area contributed by atoms with Crippen molar-refractivity contribution in [2.75, 3.05) is 12.0 Å². The van der Waals surface area contributed by atoms with Gasteiger partial charge in [0.25, 0.3) is 0 Å². The molecule has 96 valence electrons. The fourth-order valence-electron chi connectivity index (χ4n) is 1.12. The van der Waals surface area contributed by atoms with Gasteiger partial charge in [0.1, 0.15) is 16.1 Å². The number of sulfone groups is 1. The van der Waals surface area contributed by atoms with Crippen LogP contribution in [0.2, 0.25) is 0 Å². The van der Waals surface area contributed by atoms with E-state index >= 15 is 0 Å². The van der Waals surface area contributed by atoms with E-state index in [2.05, 4.69) is 0 Å². The lowest BCUT2D eigenvalue weighted by Crippen LogP contribution is -2.30. The number of hydrogen-bond acceptors (Lipinski definition) is 6. The van der Waals surface area contributed by atoms with Crippen LogP contribution in [0.4, 0.5) is 0 Å². The fourth-order valence-corrected chi connectivity index (χ4v) is 1.81. The number of ether oxygens (including phenoxy) is 2. The summed E-state index contributed by atoms with van der Waals surface area (Å²) < 4.78 is 31.5. The number of hydrogen-bond donors (Lipinski definition) is 1. The molecule has 7 heteroatoms. The summed E-state index contributed by atoms with van der Waals surface area (Å²) in [5, 5.41) is 0. The van der Waals surface area contributed by atoms with Crippen molar-refractivity contribution in [2.24, 2.45) is 5.73 Å². The first-order chi connectivity index (χ1) is 7.20. The van der Waals surface area contributed by atoms with Crippen LogP contribution in [0.25, 0.3) is 0 Å². The van der Waals surface area contributed by atoms with Gasteiger partial charge in [0.05, 0.1) is 5.75 Å². The standard InChI is InChI=1S/C9H19NO5S/c1-7(11)14-8(2)15-9(10)5-4-6-16(3,12)13/h8-9H,4-6,10H2,1-3H3. The SMILES string of the molecule is CC(=O)OC(C)OC(N)CCCS(C)(=O)=O. The highest BCUT2D eigenvalue weighted by molar-refractivity contribution is 7.90. The van der Waals surface area contributed by atoms with Crippen molar-refractivity contribution in [1.29, 1.82) is 0 Å². The van der Waals surface area contributed by atoms with Crippen LogP contribution in [0.5, 0.6) is 0 Å². The Balaban J connectivity index is 3.74. The van der Waals surface area contributed by atoms with E-state index < -0.39 is 28.3 Å². The van der Waals surface area contributed by atoms with Crippen LogP contribution in [0.1, 0.15) is 26.7 Å². The lowest BCUT2D eigenvalue weighted by atomic mass is 10.3. The molecule has 16 heavy (non-hydrogen) atoms. The quantitative estimate of drug-likeness (QED) is 0.507. The van der Waals surface area contributed by atoms with Crippen LogP contribution in [0.3, 0.4) is 0 Å². The molecule has 2 N–H and O–H groups in total. The van der Waals surface area contributed by atoms with Crippen molar-refractivity contribution in [2.45, 2.75) is 39.2 Å². The van der Waals surface area contributed by atoms with E-state index in [-0.39, 0.29) is 5.75 Å². The summed E-state index contributed by atoms with van der Waals surface area (Å²) in [4.78, 5) is 10.6. The summed E-state index contributed by atoms with van der Waals surface area (Å²) in [5.74, 6) is -0.373. The predicted octanol–water partition coefficient (Wildman–Crippen LogP) is 0.0217. The van der Waals surface area contributed by atoms with Gasteiger partial charge in [0.2, 0.25) is 6.29 Å². The number of esters is 1. The molecular weight excluding hydrogens is 234 g/mol. The van der Waals surface area contributed by atoms with Crippen LogP contribution in [0.15, 0.2) is 0 Å². The topological polar surface area (TPSA) is 95.7 Å². The summed E-state index contributed by atoms with van der Waals surface area (Å²) >= 11 is 0. The van der Waals surface area contributed by atoms with E-state index in [0.29, 0.717) is 12.8 Å². The van der Waals surface area contributed by atoms with Gasteiger partial charge in [-0.05, 0) is 19.8 Å². The van der Waals surface area contributed by atoms with E-state index in [0.717, 1.165) is 0 Å². The average Bonchev–Trinajstić information content (AvgIpc) is 1.98. The molecule has 0 rings (SSSR count). The molecule has 0 aromatic heterocycles. The van der Waals surface area contributed by atoms with Crippen molar-refractivity contribution >= 4 is 15.8 Å². The highest BCUT2D eigenvalue weighted by atomic mass is 32.2. The second kappa shape index (κ2) is 6.82. The maximum Gasteiger partial charge on any atom is 0.304 e. The molecule has 2 unspecified atom stereocenters. The summed E-state index contributed by atoms with van der Waals surface area (Å²) in [6, 6.07) is 0. The monoisotopic (exact) mass is 253 g/mol. The van der Waals surface area contributed by atoms with E-state index in [9.17, 15) is 13.2 Å². The Bertz CT molecular complexity index is 314. The van der Waals surface area contributed by atoms with E-state index in [1.165, 1.54) is 13.2 Å².